The molecule has 33 heavy (non-hydrogen) atoms. The minimum absolute atomic E-state index is 0.0812. The maximum atomic E-state index is 12.5. The molecule has 0 aliphatic carbocycles. The summed E-state index contributed by atoms with van der Waals surface area (Å²) < 4.78 is 31.2. The first-order valence-electron chi connectivity index (χ1n) is 10.6. The first-order valence-corrected chi connectivity index (χ1v) is 12.1. The van der Waals surface area contributed by atoms with E-state index in [2.05, 4.69) is 10.6 Å². The van der Waals surface area contributed by atoms with Crippen LogP contribution in [0.2, 0.25) is 0 Å². The summed E-state index contributed by atoms with van der Waals surface area (Å²) in [7, 11) is -3.62. The van der Waals surface area contributed by atoms with Crippen LogP contribution in [0.5, 0.6) is 0 Å². The molecule has 2 rings (SSSR count). The highest BCUT2D eigenvalue weighted by molar-refractivity contribution is 7.89. The summed E-state index contributed by atoms with van der Waals surface area (Å²) in [6.07, 6.45) is 0.826. The van der Waals surface area contributed by atoms with Crippen LogP contribution in [0.4, 0.5) is 5.69 Å². The van der Waals surface area contributed by atoms with Crippen molar-refractivity contribution in [3.05, 3.63) is 59.7 Å². The maximum Gasteiger partial charge on any atom is 0.325 e. The third-order valence-corrected chi connectivity index (χ3v) is 6.90. The molecule has 0 spiro atoms. The highest BCUT2D eigenvalue weighted by atomic mass is 32.2. The smallest absolute Gasteiger partial charge is 0.325 e. The van der Waals surface area contributed by atoms with E-state index < -0.39 is 41.0 Å². The van der Waals surface area contributed by atoms with Crippen molar-refractivity contribution in [3.63, 3.8) is 0 Å². The third kappa shape index (κ3) is 7.40. The number of sulfonamides is 1. The lowest BCUT2D eigenvalue weighted by atomic mass is 10.1. The molecule has 0 heterocycles. The number of nitrogens with zero attached hydrogens (tertiary/aromatic N) is 1. The van der Waals surface area contributed by atoms with E-state index in [0.717, 1.165) is 12.0 Å². The fourth-order valence-corrected chi connectivity index (χ4v) is 4.47. The molecule has 0 fully saturated rings. The number of ether oxygens (including phenoxy) is 1. The molecule has 178 valence electrons. The van der Waals surface area contributed by atoms with Gasteiger partial charge in [0.1, 0.15) is 6.54 Å². The van der Waals surface area contributed by atoms with Gasteiger partial charge in [-0.3, -0.25) is 14.4 Å². The van der Waals surface area contributed by atoms with Crippen molar-refractivity contribution in [2.45, 2.75) is 32.1 Å². The number of amides is 2. The number of hydrogen-bond donors (Lipinski definition) is 2. The number of benzene rings is 2. The van der Waals surface area contributed by atoms with E-state index in [-0.39, 0.29) is 10.5 Å². The van der Waals surface area contributed by atoms with Gasteiger partial charge >= 0.3 is 5.97 Å². The highest BCUT2D eigenvalue weighted by Crippen LogP contribution is 2.16. The van der Waals surface area contributed by atoms with Gasteiger partial charge in [-0.1, -0.05) is 32.9 Å². The van der Waals surface area contributed by atoms with E-state index in [1.54, 1.807) is 19.9 Å². The Morgan fingerprint density at radius 1 is 0.970 bits per heavy atom. The second-order valence-corrected chi connectivity index (χ2v) is 9.00. The number of nitrogens with one attached hydrogen (secondary N) is 2. The SMILES string of the molecule is CCc1cccc(NC(=O)COC(=O)CNC(=O)c2ccc(S(=O)(=O)N(CC)CC)cc2)c1. The predicted molar refractivity (Wildman–Crippen MR) is 124 cm³/mol. The molecule has 2 aromatic rings. The molecule has 0 radical (unpaired) electrons. The van der Waals surface area contributed by atoms with Gasteiger partial charge in [0.25, 0.3) is 11.8 Å². The Bertz CT molecular complexity index is 1080. The molecule has 0 aliphatic rings. The Labute approximate surface area is 194 Å². The molecule has 0 bridgehead atoms. The molecule has 0 saturated heterocycles. The number of hydrogen-bond acceptors (Lipinski definition) is 6. The van der Waals surface area contributed by atoms with Crippen LogP contribution in [0.25, 0.3) is 0 Å². The van der Waals surface area contributed by atoms with Crippen LogP contribution in [-0.4, -0.2) is 56.7 Å². The van der Waals surface area contributed by atoms with Crippen molar-refractivity contribution in [2.75, 3.05) is 31.6 Å². The molecule has 0 saturated carbocycles. The van der Waals surface area contributed by atoms with Crippen molar-refractivity contribution in [1.29, 1.82) is 0 Å². The topological polar surface area (TPSA) is 122 Å². The van der Waals surface area contributed by atoms with Crippen LogP contribution in [0.1, 0.15) is 36.7 Å². The lowest BCUT2D eigenvalue weighted by Crippen LogP contribution is -2.32. The molecule has 2 aromatic carbocycles. The van der Waals surface area contributed by atoms with Gasteiger partial charge in [-0.05, 0) is 48.4 Å². The Hall–Kier alpha value is -3.24. The molecule has 10 heteroatoms. The van der Waals surface area contributed by atoms with Crippen molar-refractivity contribution >= 4 is 33.5 Å². The van der Waals surface area contributed by atoms with Crippen molar-refractivity contribution < 1.29 is 27.5 Å². The molecule has 0 unspecified atom stereocenters. The summed E-state index contributed by atoms with van der Waals surface area (Å²) in [4.78, 5) is 36.1. The van der Waals surface area contributed by atoms with Crippen LogP contribution < -0.4 is 10.6 Å². The second kappa shape index (κ2) is 12.1. The highest BCUT2D eigenvalue weighted by Gasteiger charge is 2.21. The summed E-state index contributed by atoms with van der Waals surface area (Å²) >= 11 is 0. The number of anilines is 1. The Balaban J connectivity index is 1.82. The fraction of sp³-hybridized carbons (Fsp3) is 0.348. The van der Waals surface area contributed by atoms with Crippen LogP contribution in [-0.2, 0) is 30.8 Å². The van der Waals surface area contributed by atoms with Gasteiger partial charge in [0.2, 0.25) is 10.0 Å². The number of aryl methyl sites for hydroxylation is 1. The lowest BCUT2D eigenvalue weighted by Gasteiger charge is -2.18. The molecule has 0 aliphatic heterocycles. The summed E-state index contributed by atoms with van der Waals surface area (Å²) in [5, 5.41) is 5.03. The fourth-order valence-electron chi connectivity index (χ4n) is 3.01. The standard InChI is InChI=1S/C23H29N3O6S/c1-4-17-8-7-9-19(14-17)25-21(27)16-32-22(28)15-24-23(29)18-10-12-20(13-11-18)33(30,31)26(5-2)6-3/h7-14H,4-6,15-16H2,1-3H3,(H,24,29)(H,25,27). The van der Waals surface area contributed by atoms with Crippen molar-refractivity contribution in [3.8, 4) is 0 Å². The number of rotatable bonds is 11. The Kier molecular flexibility index (Phi) is 9.56. The molecule has 2 amide bonds. The van der Waals surface area contributed by atoms with E-state index in [1.807, 2.05) is 25.1 Å². The van der Waals surface area contributed by atoms with Crippen LogP contribution in [0.3, 0.4) is 0 Å². The minimum Gasteiger partial charge on any atom is -0.454 e. The summed E-state index contributed by atoms with van der Waals surface area (Å²) in [6, 6.07) is 12.8. The first-order chi connectivity index (χ1) is 15.7. The zero-order valence-corrected chi connectivity index (χ0v) is 19.8. The third-order valence-electron chi connectivity index (χ3n) is 4.84. The van der Waals surface area contributed by atoms with Gasteiger partial charge in [-0.25, -0.2) is 8.42 Å². The predicted octanol–water partition coefficient (Wildman–Crippen LogP) is 2.19. The Morgan fingerprint density at radius 2 is 1.64 bits per heavy atom. The van der Waals surface area contributed by atoms with Gasteiger partial charge in [0.15, 0.2) is 6.61 Å². The van der Waals surface area contributed by atoms with Crippen molar-refractivity contribution in [2.24, 2.45) is 0 Å². The number of carbonyl (C=O) groups is 3. The van der Waals surface area contributed by atoms with Gasteiger partial charge in [0.05, 0.1) is 4.90 Å². The monoisotopic (exact) mass is 475 g/mol. The van der Waals surface area contributed by atoms with Crippen molar-refractivity contribution in [1.82, 2.24) is 9.62 Å². The largest absolute Gasteiger partial charge is 0.454 e. The maximum absolute atomic E-state index is 12.5. The van der Waals surface area contributed by atoms with E-state index in [1.165, 1.54) is 28.6 Å². The molecule has 0 atom stereocenters. The molecular formula is C23H29N3O6S. The molecule has 2 N–H and O–H groups in total. The molecule has 9 nitrogen and oxygen atoms in total. The Morgan fingerprint density at radius 3 is 2.24 bits per heavy atom. The average molecular weight is 476 g/mol. The van der Waals surface area contributed by atoms with Gasteiger partial charge < -0.3 is 15.4 Å². The zero-order valence-electron chi connectivity index (χ0n) is 19.0. The zero-order chi connectivity index (χ0) is 24.4. The number of carbonyl (C=O) groups excluding carboxylic acids is 3. The first kappa shape index (κ1) is 26.0. The van der Waals surface area contributed by atoms with Crippen LogP contribution in [0, 0.1) is 0 Å². The van der Waals surface area contributed by atoms with E-state index in [4.69, 9.17) is 4.74 Å². The van der Waals surface area contributed by atoms with Gasteiger partial charge in [0, 0.05) is 24.3 Å². The van der Waals surface area contributed by atoms with E-state index >= 15 is 0 Å². The molecule has 0 aromatic heterocycles. The van der Waals surface area contributed by atoms with Crippen LogP contribution in [0.15, 0.2) is 53.4 Å². The summed E-state index contributed by atoms with van der Waals surface area (Å²) in [6.45, 7) is 5.25. The molecular weight excluding hydrogens is 446 g/mol. The minimum atomic E-state index is -3.62. The summed E-state index contributed by atoms with van der Waals surface area (Å²) in [5.41, 5.74) is 1.86. The van der Waals surface area contributed by atoms with Gasteiger partial charge in [-0.15, -0.1) is 0 Å². The van der Waals surface area contributed by atoms with E-state index in [0.29, 0.717) is 18.8 Å². The van der Waals surface area contributed by atoms with E-state index in [9.17, 15) is 22.8 Å². The number of esters is 1. The quantitative estimate of drug-likeness (QED) is 0.481. The van der Waals surface area contributed by atoms with Crippen LogP contribution >= 0.6 is 0 Å². The second-order valence-electron chi connectivity index (χ2n) is 7.06. The average Bonchev–Trinajstić information content (AvgIpc) is 2.82. The lowest BCUT2D eigenvalue weighted by molar-refractivity contribution is -0.146. The van der Waals surface area contributed by atoms with Gasteiger partial charge in [-0.2, -0.15) is 4.31 Å². The summed E-state index contributed by atoms with van der Waals surface area (Å²) in [5.74, 6) is -1.84. The normalized spacial score (nSPS) is 11.2.